The van der Waals surface area contributed by atoms with Crippen LogP contribution in [0.4, 0.5) is 0 Å². The maximum Gasteiger partial charge on any atom is 0.358 e. The standard InChI is InChI=1S/C13H15N3O3/c1-2-10-12(13(18)19)14-15-16(10)8-11(17)9-6-4-3-5-7-9/h3-7,11,17H,2,8H2,1H3,(H,18,19). The van der Waals surface area contributed by atoms with Crippen LogP contribution in [0.15, 0.2) is 30.3 Å². The second kappa shape index (κ2) is 5.62. The van der Waals surface area contributed by atoms with Gasteiger partial charge in [0.1, 0.15) is 0 Å². The molecule has 0 radical (unpaired) electrons. The van der Waals surface area contributed by atoms with Crippen molar-refractivity contribution in [1.82, 2.24) is 15.0 Å². The number of nitrogens with zero attached hydrogens (tertiary/aromatic N) is 3. The lowest BCUT2D eigenvalue weighted by molar-refractivity contribution is 0.0689. The Bertz CT molecular complexity index is 566. The van der Waals surface area contributed by atoms with E-state index >= 15 is 0 Å². The zero-order valence-electron chi connectivity index (χ0n) is 10.5. The van der Waals surface area contributed by atoms with E-state index in [0.717, 1.165) is 5.56 Å². The molecule has 1 aromatic carbocycles. The summed E-state index contributed by atoms with van der Waals surface area (Å²) < 4.78 is 1.45. The summed E-state index contributed by atoms with van der Waals surface area (Å²) in [5.41, 5.74) is 1.22. The zero-order valence-corrected chi connectivity index (χ0v) is 10.5. The van der Waals surface area contributed by atoms with Crippen molar-refractivity contribution in [1.29, 1.82) is 0 Å². The number of carbonyl (C=O) groups is 1. The van der Waals surface area contributed by atoms with E-state index < -0.39 is 12.1 Å². The Kier molecular flexibility index (Phi) is 3.91. The molecule has 0 aliphatic rings. The largest absolute Gasteiger partial charge is 0.476 e. The molecular formula is C13H15N3O3. The monoisotopic (exact) mass is 261 g/mol. The lowest BCUT2D eigenvalue weighted by atomic mass is 10.1. The number of carboxylic acids is 1. The molecule has 1 aromatic heterocycles. The molecule has 2 rings (SSSR count). The maximum absolute atomic E-state index is 11.0. The van der Waals surface area contributed by atoms with E-state index in [1.165, 1.54) is 4.68 Å². The maximum atomic E-state index is 11.0. The van der Waals surface area contributed by atoms with Gasteiger partial charge >= 0.3 is 5.97 Å². The Morgan fingerprint density at radius 2 is 2.05 bits per heavy atom. The van der Waals surface area contributed by atoms with Crippen LogP contribution < -0.4 is 0 Å². The van der Waals surface area contributed by atoms with Gasteiger partial charge < -0.3 is 10.2 Å². The van der Waals surface area contributed by atoms with Crippen molar-refractivity contribution in [2.24, 2.45) is 0 Å². The van der Waals surface area contributed by atoms with Crippen LogP contribution in [0, 0.1) is 0 Å². The molecule has 0 aliphatic heterocycles. The summed E-state index contributed by atoms with van der Waals surface area (Å²) in [6.07, 6.45) is -0.245. The SMILES string of the molecule is CCc1c(C(=O)O)nnn1CC(O)c1ccccc1. The van der Waals surface area contributed by atoms with Gasteiger partial charge in [0.25, 0.3) is 0 Å². The summed E-state index contributed by atoms with van der Waals surface area (Å²) in [5, 5.41) is 26.5. The summed E-state index contributed by atoms with van der Waals surface area (Å²) in [7, 11) is 0. The highest BCUT2D eigenvalue weighted by Gasteiger charge is 2.19. The predicted octanol–water partition coefficient (Wildman–Crippen LogP) is 1.27. The van der Waals surface area contributed by atoms with Crippen LogP contribution >= 0.6 is 0 Å². The molecule has 0 saturated heterocycles. The number of aromatic nitrogens is 3. The second-order valence-electron chi connectivity index (χ2n) is 4.15. The first-order valence-electron chi connectivity index (χ1n) is 6.02. The minimum Gasteiger partial charge on any atom is -0.476 e. The van der Waals surface area contributed by atoms with E-state index in [2.05, 4.69) is 10.3 Å². The molecule has 6 nitrogen and oxygen atoms in total. The third kappa shape index (κ3) is 2.79. The molecule has 1 atom stereocenters. The zero-order chi connectivity index (χ0) is 13.8. The molecule has 0 aliphatic carbocycles. The quantitative estimate of drug-likeness (QED) is 0.846. The number of aromatic carboxylic acids is 1. The van der Waals surface area contributed by atoms with Crippen LogP contribution in [-0.4, -0.2) is 31.2 Å². The summed E-state index contributed by atoms with van der Waals surface area (Å²) in [6, 6.07) is 9.16. The Balaban J connectivity index is 2.22. The molecule has 2 N–H and O–H groups in total. The van der Waals surface area contributed by atoms with Crippen LogP contribution in [0.1, 0.15) is 34.8 Å². The summed E-state index contributed by atoms with van der Waals surface area (Å²) in [4.78, 5) is 11.0. The van der Waals surface area contributed by atoms with Gasteiger partial charge in [0.05, 0.1) is 18.3 Å². The number of rotatable bonds is 5. The number of benzene rings is 1. The van der Waals surface area contributed by atoms with E-state index in [4.69, 9.17) is 5.11 Å². The highest BCUT2D eigenvalue weighted by molar-refractivity contribution is 5.86. The van der Waals surface area contributed by atoms with Crippen LogP contribution in [0.25, 0.3) is 0 Å². The van der Waals surface area contributed by atoms with E-state index in [9.17, 15) is 9.90 Å². The van der Waals surface area contributed by atoms with Gasteiger partial charge in [0, 0.05) is 0 Å². The van der Waals surface area contributed by atoms with Gasteiger partial charge in [-0.2, -0.15) is 0 Å². The summed E-state index contributed by atoms with van der Waals surface area (Å²) in [5.74, 6) is -1.10. The average Bonchev–Trinajstić information content (AvgIpc) is 2.82. The molecule has 0 bridgehead atoms. The molecule has 0 saturated carbocycles. The molecule has 100 valence electrons. The Labute approximate surface area is 110 Å². The van der Waals surface area contributed by atoms with Gasteiger partial charge in [-0.3, -0.25) is 0 Å². The number of hydrogen-bond donors (Lipinski definition) is 2. The third-order valence-corrected chi connectivity index (χ3v) is 2.91. The van der Waals surface area contributed by atoms with Crippen molar-refractivity contribution in [3.63, 3.8) is 0 Å². The van der Waals surface area contributed by atoms with Gasteiger partial charge in [-0.25, -0.2) is 9.48 Å². The molecule has 0 fully saturated rings. The van der Waals surface area contributed by atoms with Crippen molar-refractivity contribution < 1.29 is 15.0 Å². The first kappa shape index (κ1) is 13.2. The van der Waals surface area contributed by atoms with E-state index in [0.29, 0.717) is 12.1 Å². The first-order chi connectivity index (χ1) is 9.13. The number of aliphatic hydroxyl groups is 1. The highest BCUT2D eigenvalue weighted by Crippen LogP contribution is 2.16. The number of hydrogen-bond acceptors (Lipinski definition) is 4. The third-order valence-electron chi connectivity index (χ3n) is 2.91. The van der Waals surface area contributed by atoms with Crippen LogP contribution in [0.2, 0.25) is 0 Å². The van der Waals surface area contributed by atoms with Crippen molar-refractivity contribution in [3.05, 3.63) is 47.3 Å². The van der Waals surface area contributed by atoms with Crippen molar-refractivity contribution in [2.75, 3.05) is 0 Å². The van der Waals surface area contributed by atoms with E-state index in [-0.39, 0.29) is 12.2 Å². The molecule has 19 heavy (non-hydrogen) atoms. The lowest BCUT2D eigenvalue weighted by Gasteiger charge is -2.12. The molecule has 1 unspecified atom stereocenters. The van der Waals surface area contributed by atoms with E-state index in [1.807, 2.05) is 37.3 Å². The first-order valence-corrected chi connectivity index (χ1v) is 6.02. The fraction of sp³-hybridized carbons (Fsp3) is 0.308. The smallest absolute Gasteiger partial charge is 0.358 e. The van der Waals surface area contributed by atoms with Gasteiger partial charge in [-0.1, -0.05) is 42.5 Å². The lowest BCUT2D eigenvalue weighted by Crippen LogP contribution is -2.13. The molecular weight excluding hydrogens is 246 g/mol. The summed E-state index contributed by atoms with van der Waals surface area (Å²) >= 11 is 0. The Morgan fingerprint density at radius 3 is 2.63 bits per heavy atom. The molecule has 2 aromatic rings. The van der Waals surface area contributed by atoms with E-state index in [1.54, 1.807) is 0 Å². The highest BCUT2D eigenvalue weighted by atomic mass is 16.4. The van der Waals surface area contributed by atoms with Crippen LogP contribution in [0.5, 0.6) is 0 Å². The Morgan fingerprint density at radius 1 is 1.37 bits per heavy atom. The minimum absolute atomic E-state index is 0.0530. The van der Waals surface area contributed by atoms with Gasteiger partial charge in [0.15, 0.2) is 5.69 Å². The minimum atomic E-state index is -1.10. The second-order valence-corrected chi connectivity index (χ2v) is 4.15. The molecule has 6 heteroatoms. The normalized spacial score (nSPS) is 12.3. The Hall–Kier alpha value is -2.21. The number of carboxylic acid groups (broad SMARTS) is 1. The topological polar surface area (TPSA) is 88.2 Å². The average molecular weight is 261 g/mol. The van der Waals surface area contributed by atoms with Gasteiger partial charge in [0.2, 0.25) is 0 Å². The van der Waals surface area contributed by atoms with Gasteiger partial charge in [-0.05, 0) is 12.0 Å². The van der Waals surface area contributed by atoms with Gasteiger partial charge in [-0.15, -0.1) is 5.10 Å². The van der Waals surface area contributed by atoms with Crippen molar-refractivity contribution in [3.8, 4) is 0 Å². The predicted molar refractivity (Wildman–Crippen MR) is 67.8 cm³/mol. The summed E-state index contributed by atoms with van der Waals surface area (Å²) in [6.45, 7) is 2.02. The number of aliphatic hydroxyl groups excluding tert-OH is 1. The fourth-order valence-corrected chi connectivity index (χ4v) is 1.94. The van der Waals surface area contributed by atoms with Crippen molar-refractivity contribution >= 4 is 5.97 Å². The van der Waals surface area contributed by atoms with Crippen LogP contribution in [-0.2, 0) is 13.0 Å². The van der Waals surface area contributed by atoms with Crippen molar-refractivity contribution in [2.45, 2.75) is 26.0 Å². The molecule has 1 heterocycles. The van der Waals surface area contributed by atoms with Crippen LogP contribution in [0.3, 0.4) is 0 Å². The molecule has 0 spiro atoms. The molecule has 0 amide bonds. The fourth-order valence-electron chi connectivity index (χ4n) is 1.94.